The quantitative estimate of drug-likeness (QED) is 0.271. The first kappa shape index (κ1) is 27.4. The van der Waals surface area contributed by atoms with Crippen LogP contribution in [0.5, 0.6) is 11.5 Å². The highest BCUT2D eigenvalue weighted by atomic mass is 32.2. The predicted octanol–water partition coefficient (Wildman–Crippen LogP) is 4.51. The molecule has 0 unspecified atom stereocenters. The zero-order chi connectivity index (χ0) is 25.7. The minimum absolute atomic E-state index is 0.864. The van der Waals surface area contributed by atoms with E-state index in [0.29, 0.717) is 0 Å². The Morgan fingerprint density at radius 2 is 1.56 bits per heavy atom. The molecular formula is C22H25F3N2O5S2. The van der Waals surface area contributed by atoms with Crippen LogP contribution in [0.3, 0.4) is 0 Å². The van der Waals surface area contributed by atoms with Crippen LogP contribution in [0.2, 0.25) is 0 Å². The molecule has 186 valence electrons. The van der Waals surface area contributed by atoms with Crippen molar-refractivity contribution >= 4 is 49.5 Å². The number of halogens is 3. The summed E-state index contributed by atoms with van der Waals surface area (Å²) in [6.45, 7) is 3.01. The SMILES string of the molecule is CC[n+]1c(/C=C/c2ccc(N(C)C)cc2)sc2c(OC)ccc(OC)c21.O=S(=O)([O-])C(F)(F)F. The van der Waals surface area contributed by atoms with Gasteiger partial charge in [0, 0.05) is 25.9 Å². The van der Waals surface area contributed by atoms with Gasteiger partial charge in [-0.05, 0) is 42.8 Å². The van der Waals surface area contributed by atoms with E-state index in [2.05, 4.69) is 52.8 Å². The molecule has 0 aliphatic carbocycles. The molecule has 0 radical (unpaired) electrons. The number of ether oxygens (including phenoxy) is 2. The summed E-state index contributed by atoms with van der Waals surface area (Å²) in [5.41, 5.74) is -2.19. The van der Waals surface area contributed by atoms with Crippen molar-refractivity contribution in [2.24, 2.45) is 0 Å². The second-order valence-electron chi connectivity index (χ2n) is 7.05. The Labute approximate surface area is 200 Å². The lowest BCUT2D eigenvalue weighted by atomic mass is 10.2. The number of thiazole rings is 1. The van der Waals surface area contributed by atoms with Crippen LogP contribution in [-0.4, -0.2) is 46.8 Å². The number of alkyl halides is 3. The monoisotopic (exact) mass is 518 g/mol. The molecule has 7 nitrogen and oxygen atoms in total. The zero-order valence-electron chi connectivity index (χ0n) is 19.2. The van der Waals surface area contributed by atoms with Crippen molar-refractivity contribution in [3.63, 3.8) is 0 Å². The number of aromatic nitrogens is 1. The zero-order valence-corrected chi connectivity index (χ0v) is 20.8. The van der Waals surface area contributed by atoms with E-state index in [0.717, 1.165) is 28.3 Å². The van der Waals surface area contributed by atoms with Gasteiger partial charge in [-0.25, -0.2) is 8.42 Å². The summed E-state index contributed by atoms with van der Waals surface area (Å²) in [5.74, 6) is 1.75. The highest BCUT2D eigenvalue weighted by Gasteiger charge is 2.36. The molecule has 0 aliphatic heterocycles. The van der Waals surface area contributed by atoms with E-state index in [4.69, 9.17) is 22.4 Å². The lowest BCUT2D eigenvalue weighted by Gasteiger charge is -2.11. The fourth-order valence-corrected chi connectivity index (χ4v) is 4.21. The van der Waals surface area contributed by atoms with Gasteiger partial charge in [0.1, 0.15) is 12.3 Å². The molecule has 34 heavy (non-hydrogen) atoms. The van der Waals surface area contributed by atoms with Crippen molar-refractivity contribution in [3.8, 4) is 11.5 Å². The molecule has 0 aliphatic rings. The molecule has 0 amide bonds. The van der Waals surface area contributed by atoms with Gasteiger partial charge in [-0.15, -0.1) is 0 Å². The van der Waals surface area contributed by atoms with Gasteiger partial charge >= 0.3 is 5.51 Å². The Bertz CT molecular complexity index is 1250. The summed E-state index contributed by atoms with van der Waals surface area (Å²) in [5, 5.41) is 1.17. The number of hydrogen-bond donors (Lipinski definition) is 0. The third kappa shape index (κ3) is 6.39. The number of nitrogens with zero attached hydrogens (tertiary/aromatic N) is 2. The maximum absolute atomic E-state index is 10.7. The Balaban J connectivity index is 0.000000440. The summed E-state index contributed by atoms with van der Waals surface area (Å²) in [4.78, 5) is 2.10. The van der Waals surface area contributed by atoms with Crippen LogP contribution < -0.4 is 18.9 Å². The fraction of sp³-hybridized carbons (Fsp3) is 0.318. The molecule has 3 rings (SSSR count). The third-order valence-electron chi connectivity index (χ3n) is 4.67. The topological polar surface area (TPSA) is 82.8 Å². The van der Waals surface area contributed by atoms with Crippen molar-refractivity contribution in [2.45, 2.75) is 19.0 Å². The van der Waals surface area contributed by atoms with Gasteiger partial charge in [0.2, 0.25) is 0 Å². The highest BCUT2D eigenvalue weighted by molar-refractivity contribution is 7.86. The van der Waals surface area contributed by atoms with Gasteiger partial charge in [-0.3, -0.25) is 0 Å². The summed E-state index contributed by atoms with van der Waals surface area (Å²) in [6, 6.07) is 12.5. The third-order valence-corrected chi connectivity index (χ3v) is 6.40. The average molecular weight is 519 g/mol. The van der Waals surface area contributed by atoms with Crippen molar-refractivity contribution < 1.29 is 40.2 Å². The van der Waals surface area contributed by atoms with E-state index in [-0.39, 0.29) is 0 Å². The normalized spacial score (nSPS) is 11.9. The van der Waals surface area contributed by atoms with Gasteiger partial charge in [0.05, 0.1) is 14.2 Å². The van der Waals surface area contributed by atoms with Crippen molar-refractivity contribution in [2.75, 3.05) is 33.2 Å². The van der Waals surface area contributed by atoms with Gasteiger partial charge in [0.25, 0.3) is 10.5 Å². The summed E-state index contributed by atoms with van der Waals surface area (Å²) in [6.07, 6.45) is 4.31. The fourth-order valence-electron chi connectivity index (χ4n) is 2.97. The Hall–Kier alpha value is -2.83. The molecule has 0 saturated heterocycles. The molecular weight excluding hydrogens is 493 g/mol. The Morgan fingerprint density at radius 1 is 1.03 bits per heavy atom. The van der Waals surface area contributed by atoms with E-state index in [1.54, 1.807) is 25.6 Å². The number of aryl methyl sites for hydroxylation is 1. The Kier molecular flexibility index (Phi) is 8.92. The van der Waals surface area contributed by atoms with E-state index in [1.165, 1.54) is 16.3 Å². The second-order valence-corrected chi connectivity index (χ2v) is 9.45. The van der Waals surface area contributed by atoms with Crippen LogP contribution in [0, 0.1) is 0 Å². The molecule has 0 atom stereocenters. The number of anilines is 1. The maximum Gasteiger partial charge on any atom is 0.485 e. The van der Waals surface area contributed by atoms with Crippen LogP contribution >= 0.6 is 11.3 Å². The minimum Gasteiger partial charge on any atom is -0.741 e. The Morgan fingerprint density at radius 3 is 2.00 bits per heavy atom. The molecule has 0 spiro atoms. The van der Waals surface area contributed by atoms with Crippen molar-refractivity contribution in [1.82, 2.24) is 0 Å². The van der Waals surface area contributed by atoms with Gasteiger partial charge < -0.3 is 18.9 Å². The van der Waals surface area contributed by atoms with Crippen LogP contribution in [0.4, 0.5) is 18.9 Å². The first-order valence-electron chi connectivity index (χ1n) is 9.89. The smallest absolute Gasteiger partial charge is 0.485 e. The van der Waals surface area contributed by atoms with Crippen LogP contribution in [0.1, 0.15) is 17.5 Å². The van der Waals surface area contributed by atoms with E-state index in [9.17, 15) is 13.2 Å². The lowest BCUT2D eigenvalue weighted by molar-refractivity contribution is -0.665. The highest BCUT2D eigenvalue weighted by Crippen LogP contribution is 2.36. The molecule has 0 fully saturated rings. The van der Waals surface area contributed by atoms with Crippen LogP contribution in [-0.2, 0) is 16.7 Å². The number of fused-ring (bicyclic) bond motifs is 1. The first-order chi connectivity index (χ1) is 15.8. The number of rotatable bonds is 6. The van der Waals surface area contributed by atoms with E-state index < -0.39 is 15.6 Å². The number of benzene rings is 2. The average Bonchev–Trinajstić information content (AvgIpc) is 3.15. The van der Waals surface area contributed by atoms with Crippen molar-refractivity contribution in [3.05, 3.63) is 47.0 Å². The molecule has 2 aromatic carbocycles. The number of hydrogen-bond acceptors (Lipinski definition) is 7. The summed E-state index contributed by atoms with van der Waals surface area (Å²) < 4.78 is 73.4. The van der Waals surface area contributed by atoms with Crippen LogP contribution in [0.25, 0.3) is 22.4 Å². The molecule has 0 bridgehead atoms. The van der Waals surface area contributed by atoms with Gasteiger partial charge in [-0.2, -0.15) is 17.7 Å². The first-order valence-corrected chi connectivity index (χ1v) is 12.1. The predicted molar refractivity (Wildman–Crippen MR) is 126 cm³/mol. The van der Waals surface area contributed by atoms with Gasteiger partial charge in [0.15, 0.2) is 20.6 Å². The minimum atomic E-state index is -6.09. The molecule has 0 saturated carbocycles. The lowest BCUT2D eigenvalue weighted by Crippen LogP contribution is -2.33. The largest absolute Gasteiger partial charge is 0.741 e. The summed E-state index contributed by atoms with van der Waals surface area (Å²) >= 11 is 1.72. The second kappa shape index (κ2) is 11.1. The molecule has 12 heteroatoms. The molecule has 1 aromatic heterocycles. The maximum atomic E-state index is 10.7. The standard InChI is InChI=1S/C21H25N2O2S.CHF3O3S/c1-6-23-19(14-9-15-7-10-16(11-8-15)22(2)3)26-21-18(25-5)13-12-17(24-4)20(21)23;2-1(3,4)8(5,6)7/h7-14H,6H2,1-5H3;(H,5,6,7)/q+1;/p-1. The van der Waals surface area contributed by atoms with Gasteiger partial charge in [-0.1, -0.05) is 23.5 Å². The molecule has 1 heterocycles. The van der Waals surface area contributed by atoms with E-state index >= 15 is 0 Å². The molecule has 0 N–H and O–H groups in total. The van der Waals surface area contributed by atoms with E-state index in [1.807, 2.05) is 26.2 Å². The number of methoxy groups -OCH3 is 2. The summed E-state index contributed by atoms with van der Waals surface area (Å²) in [7, 11) is 1.42. The van der Waals surface area contributed by atoms with Crippen molar-refractivity contribution in [1.29, 1.82) is 0 Å². The molecule has 3 aromatic rings. The van der Waals surface area contributed by atoms with Crippen LogP contribution in [0.15, 0.2) is 36.4 Å².